The highest BCUT2D eigenvalue weighted by Gasteiger charge is 2.16. The Kier molecular flexibility index (Phi) is 3.80. The normalized spacial score (nSPS) is 11.3. The minimum Gasteiger partial charge on any atom is -0.497 e. The molecule has 0 radical (unpaired) electrons. The van der Waals surface area contributed by atoms with Crippen LogP contribution in [0.15, 0.2) is 41.6 Å². The average molecular weight is 278 g/mol. The van der Waals surface area contributed by atoms with Crippen molar-refractivity contribution in [3.8, 4) is 5.75 Å². The second-order valence-electron chi connectivity index (χ2n) is 4.08. The third-order valence-electron chi connectivity index (χ3n) is 2.59. The van der Waals surface area contributed by atoms with Crippen LogP contribution in [0.5, 0.6) is 5.75 Å². The lowest BCUT2D eigenvalue weighted by molar-refractivity contribution is 0.414. The van der Waals surface area contributed by atoms with E-state index in [2.05, 4.69) is 9.97 Å². The summed E-state index contributed by atoms with van der Waals surface area (Å²) in [6, 6.07) is 6.28. The molecule has 0 N–H and O–H groups in total. The lowest BCUT2D eigenvalue weighted by atomic mass is 10.3. The summed E-state index contributed by atoms with van der Waals surface area (Å²) in [4.78, 5) is 8.34. The summed E-state index contributed by atoms with van der Waals surface area (Å²) in [7, 11) is -1.88. The van der Waals surface area contributed by atoms with Gasteiger partial charge in [-0.25, -0.2) is 8.42 Å². The Morgan fingerprint density at radius 2 is 1.79 bits per heavy atom. The Balaban J connectivity index is 2.24. The van der Waals surface area contributed by atoms with Crippen LogP contribution in [0.1, 0.15) is 11.4 Å². The van der Waals surface area contributed by atoms with Crippen molar-refractivity contribution in [1.82, 2.24) is 9.97 Å². The molecular formula is C13H14N2O3S. The van der Waals surface area contributed by atoms with E-state index in [-0.39, 0.29) is 10.6 Å². The van der Waals surface area contributed by atoms with E-state index in [1.54, 1.807) is 25.3 Å². The monoisotopic (exact) mass is 278 g/mol. The molecule has 0 unspecified atom stereocenters. The smallest absolute Gasteiger partial charge is 0.184 e. The second-order valence-corrected chi connectivity index (χ2v) is 6.07. The van der Waals surface area contributed by atoms with Crippen molar-refractivity contribution in [3.63, 3.8) is 0 Å². The first-order chi connectivity index (χ1) is 9.01. The summed E-state index contributed by atoms with van der Waals surface area (Å²) in [5.74, 6) is 0.459. The van der Waals surface area contributed by atoms with Crippen molar-refractivity contribution >= 4 is 9.84 Å². The molecule has 0 bridgehead atoms. The molecule has 0 aliphatic heterocycles. The number of hydrogen-bond acceptors (Lipinski definition) is 5. The van der Waals surface area contributed by atoms with Crippen LogP contribution in [0.3, 0.4) is 0 Å². The van der Waals surface area contributed by atoms with Gasteiger partial charge in [-0.15, -0.1) is 0 Å². The van der Waals surface area contributed by atoms with Crippen molar-refractivity contribution in [2.24, 2.45) is 0 Å². The summed E-state index contributed by atoms with van der Waals surface area (Å²) in [5, 5.41) is 0. The first kappa shape index (κ1) is 13.5. The van der Waals surface area contributed by atoms with Gasteiger partial charge < -0.3 is 4.74 Å². The highest BCUT2D eigenvalue weighted by atomic mass is 32.2. The molecule has 2 rings (SSSR count). The summed E-state index contributed by atoms with van der Waals surface area (Å²) < 4.78 is 29.4. The van der Waals surface area contributed by atoms with Crippen LogP contribution in [0.25, 0.3) is 0 Å². The lowest BCUT2D eigenvalue weighted by Gasteiger charge is -2.05. The van der Waals surface area contributed by atoms with Crippen LogP contribution >= 0.6 is 0 Å². The van der Waals surface area contributed by atoms with Crippen molar-refractivity contribution in [2.75, 3.05) is 7.11 Å². The van der Waals surface area contributed by atoms with Crippen molar-refractivity contribution in [2.45, 2.75) is 17.6 Å². The van der Waals surface area contributed by atoms with Gasteiger partial charge in [0.25, 0.3) is 0 Å². The maximum Gasteiger partial charge on any atom is 0.184 e. The van der Waals surface area contributed by atoms with Crippen molar-refractivity contribution in [1.29, 1.82) is 0 Å². The summed E-state index contributed by atoms with van der Waals surface area (Å²) in [5.41, 5.74) is 1.19. The molecule has 5 nitrogen and oxygen atoms in total. The number of sulfone groups is 1. The number of aromatic nitrogens is 2. The van der Waals surface area contributed by atoms with Gasteiger partial charge in [-0.2, -0.15) is 0 Å². The molecule has 6 heteroatoms. The number of rotatable bonds is 4. The van der Waals surface area contributed by atoms with Crippen LogP contribution in [0.2, 0.25) is 0 Å². The molecule has 0 amide bonds. The fourth-order valence-electron chi connectivity index (χ4n) is 1.55. The average Bonchev–Trinajstić information content (AvgIpc) is 2.41. The molecule has 1 aromatic heterocycles. The van der Waals surface area contributed by atoms with E-state index in [4.69, 9.17) is 4.74 Å². The van der Waals surface area contributed by atoms with E-state index in [1.165, 1.54) is 25.4 Å². The molecule has 1 heterocycles. The predicted molar refractivity (Wildman–Crippen MR) is 70.7 cm³/mol. The van der Waals surface area contributed by atoms with Gasteiger partial charge in [0, 0.05) is 12.4 Å². The number of methoxy groups -OCH3 is 1. The van der Waals surface area contributed by atoms with Crippen LogP contribution in [-0.2, 0) is 15.6 Å². The molecule has 1 aromatic carbocycles. The molecule has 0 spiro atoms. The number of benzene rings is 1. The van der Waals surface area contributed by atoms with Crippen LogP contribution in [0, 0.1) is 6.92 Å². The first-order valence-corrected chi connectivity index (χ1v) is 7.31. The minimum atomic E-state index is -3.41. The Hall–Kier alpha value is -1.95. The molecule has 0 saturated carbocycles. The standard InChI is InChI=1S/C13H14N2O3S/c1-10-7-15-11(8-14-10)9-19(16,17)13-5-3-12(18-2)4-6-13/h3-8H,9H2,1-2H3. The Bertz CT molecular complexity index is 649. The molecule has 0 aliphatic carbocycles. The van der Waals surface area contributed by atoms with Gasteiger partial charge in [-0.1, -0.05) is 0 Å². The molecular weight excluding hydrogens is 264 g/mol. The zero-order valence-corrected chi connectivity index (χ0v) is 11.5. The van der Waals surface area contributed by atoms with Gasteiger partial charge in [0.15, 0.2) is 9.84 Å². The van der Waals surface area contributed by atoms with E-state index >= 15 is 0 Å². The van der Waals surface area contributed by atoms with E-state index in [9.17, 15) is 8.42 Å². The molecule has 0 fully saturated rings. The van der Waals surface area contributed by atoms with E-state index < -0.39 is 9.84 Å². The highest BCUT2D eigenvalue weighted by Crippen LogP contribution is 2.18. The maximum absolute atomic E-state index is 12.2. The first-order valence-electron chi connectivity index (χ1n) is 5.65. The third kappa shape index (κ3) is 3.29. The molecule has 0 atom stereocenters. The number of nitrogens with zero attached hydrogens (tertiary/aromatic N) is 2. The van der Waals surface area contributed by atoms with Gasteiger partial charge in [-0.3, -0.25) is 9.97 Å². The zero-order valence-electron chi connectivity index (χ0n) is 10.7. The lowest BCUT2D eigenvalue weighted by Crippen LogP contribution is -2.07. The van der Waals surface area contributed by atoms with Gasteiger partial charge in [0.05, 0.1) is 29.1 Å². The fraction of sp³-hybridized carbons (Fsp3) is 0.231. The van der Waals surface area contributed by atoms with Gasteiger partial charge >= 0.3 is 0 Å². The van der Waals surface area contributed by atoms with E-state index in [0.29, 0.717) is 11.4 Å². The predicted octanol–water partition coefficient (Wildman–Crippen LogP) is 1.77. The number of hydrogen-bond donors (Lipinski definition) is 0. The van der Waals surface area contributed by atoms with E-state index in [0.717, 1.165) is 5.69 Å². The quantitative estimate of drug-likeness (QED) is 0.852. The summed E-state index contributed by atoms with van der Waals surface area (Å²) in [6.45, 7) is 1.80. The fourth-order valence-corrected chi connectivity index (χ4v) is 2.81. The SMILES string of the molecule is COc1ccc(S(=O)(=O)Cc2cnc(C)cn2)cc1. The van der Waals surface area contributed by atoms with Gasteiger partial charge in [-0.05, 0) is 31.2 Å². The highest BCUT2D eigenvalue weighted by molar-refractivity contribution is 7.90. The van der Waals surface area contributed by atoms with E-state index in [1.807, 2.05) is 0 Å². The molecule has 0 aliphatic rings. The zero-order chi connectivity index (χ0) is 13.9. The van der Waals surface area contributed by atoms with Crippen LogP contribution in [0.4, 0.5) is 0 Å². The summed E-state index contributed by atoms with van der Waals surface area (Å²) in [6.07, 6.45) is 3.04. The third-order valence-corrected chi connectivity index (χ3v) is 4.26. The molecule has 2 aromatic rings. The van der Waals surface area contributed by atoms with Gasteiger partial charge in [0.1, 0.15) is 5.75 Å². The van der Waals surface area contributed by atoms with Crippen LogP contribution in [-0.4, -0.2) is 25.5 Å². The molecule has 19 heavy (non-hydrogen) atoms. The van der Waals surface area contributed by atoms with Crippen molar-refractivity contribution < 1.29 is 13.2 Å². The topological polar surface area (TPSA) is 69.2 Å². The minimum absolute atomic E-state index is 0.160. The molecule has 0 saturated heterocycles. The Labute approximate surface area is 112 Å². The molecule has 100 valence electrons. The Morgan fingerprint density at radius 1 is 1.11 bits per heavy atom. The summed E-state index contributed by atoms with van der Waals surface area (Å²) >= 11 is 0. The largest absolute Gasteiger partial charge is 0.497 e. The maximum atomic E-state index is 12.2. The number of ether oxygens (including phenoxy) is 1. The Morgan fingerprint density at radius 3 is 2.32 bits per heavy atom. The van der Waals surface area contributed by atoms with Crippen LogP contribution < -0.4 is 4.74 Å². The van der Waals surface area contributed by atoms with Crippen molar-refractivity contribution in [3.05, 3.63) is 48.0 Å². The number of aryl methyl sites for hydroxylation is 1. The second kappa shape index (κ2) is 5.36. The van der Waals surface area contributed by atoms with Gasteiger partial charge in [0.2, 0.25) is 0 Å².